The van der Waals surface area contributed by atoms with E-state index in [-0.39, 0.29) is 5.82 Å². The van der Waals surface area contributed by atoms with Crippen LogP contribution in [0.5, 0.6) is 5.75 Å². The van der Waals surface area contributed by atoms with Gasteiger partial charge in [0.05, 0.1) is 35.9 Å². The van der Waals surface area contributed by atoms with E-state index >= 15 is 0 Å². The third kappa shape index (κ3) is 3.34. The van der Waals surface area contributed by atoms with Crippen LogP contribution in [0.4, 0.5) is 17.2 Å². The summed E-state index contributed by atoms with van der Waals surface area (Å²) < 4.78 is 5.74. The zero-order chi connectivity index (χ0) is 19.0. The monoisotopic (exact) mass is 380 g/mol. The third-order valence-electron chi connectivity index (χ3n) is 4.42. The lowest BCUT2D eigenvalue weighted by Crippen LogP contribution is -2.28. The Morgan fingerprint density at radius 3 is 2.89 bits per heavy atom. The van der Waals surface area contributed by atoms with E-state index in [1.54, 1.807) is 12.3 Å². The van der Waals surface area contributed by atoms with Crippen LogP contribution >= 0.6 is 9.24 Å². The Morgan fingerprint density at radius 2 is 2.07 bits per heavy atom. The molecule has 1 aliphatic heterocycles. The predicted molar refractivity (Wildman–Crippen MR) is 107 cm³/mol. The van der Waals surface area contributed by atoms with Crippen molar-refractivity contribution in [3.8, 4) is 17.0 Å². The van der Waals surface area contributed by atoms with E-state index in [2.05, 4.69) is 31.3 Å². The fraction of sp³-hybridized carbons (Fsp3) is 0.158. The molecule has 2 aromatic heterocycles. The summed E-state index contributed by atoms with van der Waals surface area (Å²) >= 11 is 0. The molecule has 3 heterocycles. The minimum absolute atomic E-state index is 0.180. The van der Waals surface area contributed by atoms with Crippen molar-refractivity contribution in [2.75, 3.05) is 18.1 Å². The van der Waals surface area contributed by atoms with E-state index in [0.29, 0.717) is 24.6 Å². The molecule has 7 nitrogen and oxygen atoms in total. The molecule has 1 atom stereocenters. The fourth-order valence-corrected chi connectivity index (χ4v) is 3.43. The van der Waals surface area contributed by atoms with Crippen molar-refractivity contribution in [3.63, 3.8) is 0 Å². The maximum Gasteiger partial charge on any atom is 0.365 e. The number of pyridine rings is 2. The molecule has 136 valence electrons. The van der Waals surface area contributed by atoms with E-state index in [0.717, 1.165) is 27.8 Å². The van der Waals surface area contributed by atoms with Gasteiger partial charge in [-0.15, -0.1) is 9.24 Å². The third-order valence-corrected chi connectivity index (χ3v) is 4.93. The largest absolute Gasteiger partial charge is 0.488 e. The summed E-state index contributed by atoms with van der Waals surface area (Å²) in [5.41, 5.74) is 4.52. The molecule has 1 aromatic carbocycles. The summed E-state index contributed by atoms with van der Waals surface area (Å²) in [6.45, 7) is 3.10. The van der Waals surface area contributed by atoms with Crippen LogP contribution in [0, 0.1) is 17.0 Å². The van der Waals surface area contributed by atoms with Crippen LogP contribution in [-0.2, 0) is 0 Å². The molecular formula is C19H17N4O3P. The lowest BCUT2D eigenvalue weighted by atomic mass is 10.1. The molecule has 1 aliphatic rings. The van der Waals surface area contributed by atoms with Gasteiger partial charge in [-0.1, -0.05) is 17.7 Å². The summed E-state index contributed by atoms with van der Waals surface area (Å²) in [6.07, 6.45) is 3.16. The molecule has 27 heavy (non-hydrogen) atoms. The molecule has 0 amide bonds. The molecule has 0 bridgehead atoms. The van der Waals surface area contributed by atoms with Crippen molar-refractivity contribution in [2.45, 2.75) is 6.92 Å². The summed E-state index contributed by atoms with van der Waals surface area (Å²) in [5, 5.41) is 12.1. The van der Waals surface area contributed by atoms with Gasteiger partial charge in [-0.25, -0.2) is 0 Å². The molecule has 8 heteroatoms. The number of ether oxygens (including phenoxy) is 1. The van der Waals surface area contributed by atoms with Gasteiger partial charge in [0.2, 0.25) is 0 Å². The minimum atomic E-state index is -0.490. The first-order valence-corrected chi connectivity index (χ1v) is 8.98. The summed E-state index contributed by atoms with van der Waals surface area (Å²) in [4.78, 5) is 20.9. The van der Waals surface area contributed by atoms with E-state index in [4.69, 9.17) is 4.74 Å². The van der Waals surface area contributed by atoms with Crippen LogP contribution in [0.1, 0.15) is 5.56 Å². The Morgan fingerprint density at radius 1 is 1.22 bits per heavy atom. The number of rotatable bonds is 3. The fourth-order valence-electron chi connectivity index (χ4n) is 3.10. The van der Waals surface area contributed by atoms with Gasteiger partial charge in [0, 0.05) is 11.6 Å². The Bertz CT molecular complexity index is 1040. The topological polar surface area (TPSA) is 81.4 Å². The highest BCUT2D eigenvalue weighted by molar-refractivity contribution is 7.28. The van der Waals surface area contributed by atoms with Crippen LogP contribution < -0.4 is 14.9 Å². The molecule has 0 saturated carbocycles. The zero-order valence-corrected chi connectivity index (χ0v) is 15.8. The Kier molecular flexibility index (Phi) is 4.46. The van der Waals surface area contributed by atoms with Gasteiger partial charge in [0.1, 0.15) is 12.8 Å². The lowest BCUT2D eigenvalue weighted by Gasteiger charge is -2.31. The summed E-state index contributed by atoms with van der Waals surface area (Å²) in [7, 11) is 2.73. The number of hydrogen-bond donors (Lipinski definition) is 0. The van der Waals surface area contributed by atoms with Crippen LogP contribution in [0.25, 0.3) is 11.3 Å². The smallest absolute Gasteiger partial charge is 0.365 e. The molecular weight excluding hydrogens is 363 g/mol. The Balaban J connectivity index is 1.81. The number of aryl methyl sites for hydroxylation is 1. The number of hydrogen-bond acceptors (Lipinski definition) is 6. The lowest BCUT2D eigenvalue weighted by molar-refractivity contribution is -0.389. The van der Waals surface area contributed by atoms with Crippen molar-refractivity contribution in [1.82, 2.24) is 9.97 Å². The number of nitrogens with zero attached hydrogens (tertiary/aromatic N) is 4. The van der Waals surface area contributed by atoms with E-state index in [9.17, 15) is 10.1 Å². The molecule has 4 rings (SSSR count). The number of benzene rings is 1. The highest BCUT2D eigenvalue weighted by atomic mass is 31.0. The highest BCUT2D eigenvalue weighted by Gasteiger charge is 2.23. The van der Waals surface area contributed by atoms with Gasteiger partial charge in [0.25, 0.3) is 0 Å². The van der Waals surface area contributed by atoms with Gasteiger partial charge in [-0.2, -0.15) is 0 Å². The van der Waals surface area contributed by atoms with E-state index < -0.39 is 4.92 Å². The normalized spacial score (nSPS) is 13.0. The Hall–Kier alpha value is -3.05. The molecule has 0 radical (unpaired) electrons. The quantitative estimate of drug-likeness (QED) is 0.394. The zero-order valence-electron chi connectivity index (χ0n) is 14.6. The van der Waals surface area contributed by atoms with Gasteiger partial charge in [-0.05, 0) is 34.3 Å². The molecule has 1 unspecified atom stereocenters. The van der Waals surface area contributed by atoms with Gasteiger partial charge in [-0.3, -0.25) is 4.98 Å². The first-order chi connectivity index (χ1) is 13.0. The average molecular weight is 380 g/mol. The van der Waals surface area contributed by atoms with Crippen molar-refractivity contribution in [2.24, 2.45) is 0 Å². The first kappa shape index (κ1) is 17.4. The minimum Gasteiger partial charge on any atom is -0.488 e. The molecule has 0 fully saturated rings. The Labute approximate surface area is 158 Å². The highest BCUT2D eigenvalue weighted by Crippen LogP contribution is 2.38. The van der Waals surface area contributed by atoms with Crippen molar-refractivity contribution in [3.05, 3.63) is 64.5 Å². The van der Waals surface area contributed by atoms with Crippen molar-refractivity contribution >= 4 is 31.7 Å². The van der Waals surface area contributed by atoms with Crippen LogP contribution in [0.15, 0.2) is 48.8 Å². The molecule has 0 spiro atoms. The number of nitro groups is 1. The second-order valence-corrected chi connectivity index (χ2v) is 6.88. The SMILES string of the molecule is Cc1ccc(P)c(-c2cc3c(cn2)OCCN3c2ccnc([N+](=O)[O-])c2)c1. The second kappa shape index (κ2) is 6.93. The van der Waals surface area contributed by atoms with Crippen LogP contribution in [-0.4, -0.2) is 28.0 Å². The number of anilines is 2. The summed E-state index contributed by atoms with van der Waals surface area (Å²) in [6, 6.07) is 11.4. The van der Waals surface area contributed by atoms with Crippen molar-refractivity contribution < 1.29 is 9.66 Å². The van der Waals surface area contributed by atoms with E-state index in [1.807, 2.05) is 24.0 Å². The van der Waals surface area contributed by atoms with Crippen LogP contribution in [0.3, 0.4) is 0 Å². The average Bonchev–Trinajstić information content (AvgIpc) is 2.69. The van der Waals surface area contributed by atoms with Gasteiger partial charge in [0.15, 0.2) is 5.75 Å². The van der Waals surface area contributed by atoms with Crippen molar-refractivity contribution in [1.29, 1.82) is 0 Å². The predicted octanol–water partition coefficient (Wildman–Crippen LogP) is 3.39. The van der Waals surface area contributed by atoms with Gasteiger partial charge >= 0.3 is 5.82 Å². The molecule has 0 N–H and O–H groups in total. The number of fused-ring (bicyclic) bond motifs is 1. The van der Waals surface area contributed by atoms with E-state index in [1.165, 1.54) is 12.3 Å². The molecule has 0 saturated heterocycles. The molecule has 3 aromatic rings. The maximum atomic E-state index is 11.1. The first-order valence-electron chi connectivity index (χ1n) is 8.40. The maximum absolute atomic E-state index is 11.1. The van der Waals surface area contributed by atoms with Gasteiger partial charge < -0.3 is 19.8 Å². The van der Waals surface area contributed by atoms with Crippen LogP contribution in [0.2, 0.25) is 0 Å². The standard InChI is InChI=1S/C19H17N4O3P/c1-12-2-3-18(27)14(8-12)15-10-16-17(11-21-15)26-7-6-22(16)13-4-5-20-19(9-13)23(24)25/h2-5,8-11H,6-7,27H2,1H3. The summed E-state index contributed by atoms with van der Waals surface area (Å²) in [5.74, 6) is 0.475. The molecule has 0 aliphatic carbocycles. The number of aromatic nitrogens is 2. The second-order valence-electron chi connectivity index (χ2n) is 6.26.